The summed E-state index contributed by atoms with van der Waals surface area (Å²) >= 11 is 0. The van der Waals surface area contributed by atoms with Crippen molar-refractivity contribution >= 4 is 11.6 Å². The van der Waals surface area contributed by atoms with Gasteiger partial charge in [-0.25, -0.2) is 0 Å². The summed E-state index contributed by atoms with van der Waals surface area (Å²) in [6.07, 6.45) is 1.84. The van der Waals surface area contributed by atoms with Crippen LogP contribution in [0.15, 0.2) is 28.7 Å². The molecule has 1 saturated heterocycles. The number of anilines is 1. The van der Waals surface area contributed by atoms with Crippen LogP contribution in [-0.2, 0) is 4.79 Å². The zero-order valence-corrected chi connectivity index (χ0v) is 16.3. The SMILES string of the molecule is CCOc1ccccc1NC(=O)CN1CCC(c2nnc(C(C)C)o2)CC1. The second-order valence-corrected chi connectivity index (χ2v) is 7.16. The predicted octanol–water partition coefficient (Wildman–Crippen LogP) is 3.41. The summed E-state index contributed by atoms with van der Waals surface area (Å²) in [6, 6.07) is 7.50. The first-order valence-electron chi connectivity index (χ1n) is 9.64. The Labute approximate surface area is 160 Å². The third-order valence-electron chi connectivity index (χ3n) is 4.72. The van der Waals surface area contributed by atoms with Gasteiger partial charge in [0.2, 0.25) is 17.7 Å². The molecule has 7 nitrogen and oxygen atoms in total. The maximum absolute atomic E-state index is 12.4. The van der Waals surface area contributed by atoms with E-state index in [-0.39, 0.29) is 17.7 Å². The fraction of sp³-hybridized carbons (Fsp3) is 0.550. The molecular formula is C20H28N4O3. The van der Waals surface area contributed by atoms with E-state index in [0.29, 0.717) is 30.5 Å². The minimum Gasteiger partial charge on any atom is -0.492 e. The Morgan fingerprint density at radius 3 is 2.70 bits per heavy atom. The highest BCUT2D eigenvalue weighted by Crippen LogP contribution is 2.28. The number of nitrogens with one attached hydrogen (secondary N) is 1. The molecule has 0 radical (unpaired) electrons. The maximum Gasteiger partial charge on any atom is 0.238 e. The quantitative estimate of drug-likeness (QED) is 0.802. The van der Waals surface area contributed by atoms with Crippen molar-refractivity contribution in [3.05, 3.63) is 36.0 Å². The number of nitrogens with zero attached hydrogens (tertiary/aromatic N) is 3. The predicted molar refractivity (Wildman–Crippen MR) is 103 cm³/mol. The summed E-state index contributed by atoms with van der Waals surface area (Å²) in [5.74, 6) is 2.62. The van der Waals surface area contributed by atoms with E-state index in [9.17, 15) is 4.79 Å². The molecule has 146 valence electrons. The molecule has 2 aromatic rings. The number of hydrogen-bond acceptors (Lipinski definition) is 6. The first kappa shape index (κ1) is 19.4. The van der Waals surface area contributed by atoms with Crippen molar-refractivity contribution < 1.29 is 13.9 Å². The van der Waals surface area contributed by atoms with Gasteiger partial charge in [0, 0.05) is 11.8 Å². The number of rotatable bonds is 7. The van der Waals surface area contributed by atoms with Gasteiger partial charge in [-0.3, -0.25) is 9.69 Å². The molecule has 27 heavy (non-hydrogen) atoms. The van der Waals surface area contributed by atoms with Gasteiger partial charge < -0.3 is 14.5 Å². The summed E-state index contributed by atoms with van der Waals surface area (Å²) in [6.45, 7) is 8.62. The summed E-state index contributed by atoms with van der Waals surface area (Å²) in [5.41, 5.74) is 0.714. The van der Waals surface area contributed by atoms with E-state index in [2.05, 4.69) is 20.4 Å². The Hall–Kier alpha value is -2.41. The molecule has 3 rings (SSSR count). The number of hydrogen-bond donors (Lipinski definition) is 1. The second-order valence-electron chi connectivity index (χ2n) is 7.16. The first-order chi connectivity index (χ1) is 13.1. The van der Waals surface area contributed by atoms with Gasteiger partial charge >= 0.3 is 0 Å². The van der Waals surface area contributed by atoms with Gasteiger partial charge in [-0.05, 0) is 45.0 Å². The van der Waals surface area contributed by atoms with Crippen molar-refractivity contribution in [3.8, 4) is 5.75 Å². The summed E-state index contributed by atoms with van der Waals surface area (Å²) in [5, 5.41) is 11.3. The molecule has 1 aromatic heterocycles. The number of benzene rings is 1. The topological polar surface area (TPSA) is 80.5 Å². The molecule has 1 N–H and O–H groups in total. The standard InChI is InChI=1S/C20H28N4O3/c1-4-26-17-8-6-5-7-16(17)21-18(25)13-24-11-9-15(10-12-24)20-23-22-19(27-20)14(2)3/h5-8,14-15H,4,9-13H2,1-3H3,(H,21,25). The molecule has 0 saturated carbocycles. The molecule has 1 aliphatic rings. The van der Waals surface area contributed by atoms with Crippen molar-refractivity contribution in [1.29, 1.82) is 0 Å². The molecule has 0 aliphatic carbocycles. The van der Waals surface area contributed by atoms with Crippen LogP contribution in [0.5, 0.6) is 5.75 Å². The summed E-state index contributed by atoms with van der Waals surface area (Å²) in [7, 11) is 0. The van der Waals surface area contributed by atoms with E-state index >= 15 is 0 Å². The van der Waals surface area contributed by atoms with Gasteiger partial charge in [0.1, 0.15) is 5.75 Å². The fourth-order valence-electron chi connectivity index (χ4n) is 3.23. The molecule has 1 aromatic carbocycles. The zero-order chi connectivity index (χ0) is 19.2. The lowest BCUT2D eigenvalue weighted by atomic mass is 9.97. The highest BCUT2D eigenvalue weighted by Gasteiger charge is 2.26. The highest BCUT2D eigenvalue weighted by molar-refractivity contribution is 5.93. The lowest BCUT2D eigenvalue weighted by Gasteiger charge is -2.29. The van der Waals surface area contributed by atoms with E-state index in [1.54, 1.807) is 0 Å². The maximum atomic E-state index is 12.4. The molecule has 0 atom stereocenters. The van der Waals surface area contributed by atoms with E-state index in [1.807, 2.05) is 45.0 Å². The molecule has 0 unspecified atom stereocenters. The Kier molecular flexibility index (Phi) is 6.45. The van der Waals surface area contributed by atoms with Crippen molar-refractivity contribution in [1.82, 2.24) is 15.1 Å². The average Bonchev–Trinajstić information content (AvgIpc) is 3.15. The van der Waals surface area contributed by atoms with Gasteiger partial charge in [0.25, 0.3) is 0 Å². The minimum absolute atomic E-state index is 0.0273. The molecule has 1 aliphatic heterocycles. The summed E-state index contributed by atoms with van der Waals surface area (Å²) < 4.78 is 11.3. The van der Waals surface area contributed by atoms with Crippen LogP contribution < -0.4 is 10.1 Å². The van der Waals surface area contributed by atoms with Crippen molar-refractivity contribution in [2.75, 3.05) is 31.6 Å². The largest absolute Gasteiger partial charge is 0.492 e. The number of amides is 1. The monoisotopic (exact) mass is 372 g/mol. The summed E-state index contributed by atoms with van der Waals surface area (Å²) in [4.78, 5) is 14.6. The van der Waals surface area contributed by atoms with Crippen LogP contribution in [-0.4, -0.2) is 47.2 Å². The number of carbonyl (C=O) groups is 1. The van der Waals surface area contributed by atoms with Gasteiger partial charge in [0.15, 0.2) is 0 Å². The van der Waals surface area contributed by atoms with Crippen LogP contribution in [0.1, 0.15) is 57.2 Å². The van der Waals surface area contributed by atoms with E-state index < -0.39 is 0 Å². The van der Waals surface area contributed by atoms with Crippen LogP contribution in [0.4, 0.5) is 5.69 Å². The minimum atomic E-state index is -0.0273. The van der Waals surface area contributed by atoms with Crippen molar-refractivity contribution in [3.63, 3.8) is 0 Å². The Bertz CT molecular complexity index is 751. The fourth-order valence-corrected chi connectivity index (χ4v) is 3.23. The molecule has 0 bridgehead atoms. The van der Waals surface area contributed by atoms with Crippen LogP contribution in [0, 0.1) is 0 Å². The Morgan fingerprint density at radius 1 is 1.30 bits per heavy atom. The average molecular weight is 372 g/mol. The lowest BCUT2D eigenvalue weighted by Crippen LogP contribution is -2.38. The number of aromatic nitrogens is 2. The number of likely N-dealkylation sites (tertiary alicyclic amines) is 1. The van der Waals surface area contributed by atoms with Crippen LogP contribution in [0.2, 0.25) is 0 Å². The third-order valence-corrected chi connectivity index (χ3v) is 4.72. The Morgan fingerprint density at radius 2 is 2.04 bits per heavy atom. The number of para-hydroxylation sites is 2. The van der Waals surface area contributed by atoms with Crippen LogP contribution in [0.3, 0.4) is 0 Å². The lowest BCUT2D eigenvalue weighted by molar-refractivity contribution is -0.117. The molecule has 1 fully saturated rings. The van der Waals surface area contributed by atoms with E-state index in [0.717, 1.165) is 31.8 Å². The molecule has 0 spiro atoms. The second kappa shape index (κ2) is 8.99. The number of carbonyl (C=O) groups excluding carboxylic acids is 1. The number of ether oxygens (including phenoxy) is 1. The molecule has 1 amide bonds. The first-order valence-corrected chi connectivity index (χ1v) is 9.64. The van der Waals surface area contributed by atoms with Crippen molar-refractivity contribution in [2.45, 2.75) is 45.4 Å². The van der Waals surface area contributed by atoms with Gasteiger partial charge in [-0.15, -0.1) is 10.2 Å². The molecular weight excluding hydrogens is 344 g/mol. The van der Waals surface area contributed by atoms with Crippen molar-refractivity contribution in [2.24, 2.45) is 0 Å². The van der Waals surface area contributed by atoms with Crippen LogP contribution >= 0.6 is 0 Å². The highest BCUT2D eigenvalue weighted by atomic mass is 16.5. The number of piperidine rings is 1. The van der Waals surface area contributed by atoms with E-state index in [4.69, 9.17) is 9.15 Å². The normalized spacial score (nSPS) is 15.9. The smallest absolute Gasteiger partial charge is 0.238 e. The third kappa shape index (κ3) is 5.07. The Balaban J connectivity index is 1.49. The molecule has 7 heteroatoms. The molecule has 2 heterocycles. The van der Waals surface area contributed by atoms with Gasteiger partial charge in [-0.1, -0.05) is 26.0 Å². The van der Waals surface area contributed by atoms with Gasteiger partial charge in [0.05, 0.1) is 18.8 Å². The van der Waals surface area contributed by atoms with Gasteiger partial charge in [-0.2, -0.15) is 0 Å². The van der Waals surface area contributed by atoms with Crippen LogP contribution in [0.25, 0.3) is 0 Å². The van der Waals surface area contributed by atoms with E-state index in [1.165, 1.54) is 0 Å². The zero-order valence-electron chi connectivity index (χ0n) is 16.3.